The van der Waals surface area contributed by atoms with Gasteiger partial charge >= 0.3 is 0 Å². The van der Waals surface area contributed by atoms with Crippen LogP contribution in [0.1, 0.15) is 16.8 Å². The summed E-state index contributed by atoms with van der Waals surface area (Å²) in [5.41, 5.74) is 2.57. The first kappa shape index (κ1) is 18.8. The monoisotopic (exact) mass is 393 g/mol. The van der Waals surface area contributed by atoms with E-state index in [-0.39, 0.29) is 11.2 Å². The standard InChI is InChI=1S/C20H19N5O4/c1-29-18-6-5-14(25(27)28)10-13(18)11-24-9-7-15-17(12-24)22-19(23-20(15)26)16-4-2-3-8-21-16/h2-6,8,10H,7,9,11-12H2,1H3,(H,22,23,26). The number of nitro benzene ring substituents is 1. The van der Waals surface area contributed by atoms with Gasteiger partial charge in [-0.3, -0.25) is 24.8 Å². The maximum atomic E-state index is 12.5. The zero-order chi connectivity index (χ0) is 20.4. The highest BCUT2D eigenvalue weighted by Crippen LogP contribution is 2.27. The third kappa shape index (κ3) is 3.85. The quantitative estimate of drug-likeness (QED) is 0.522. The number of nitrogens with one attached hydrogen (secondary N) is 1. The van der Waals surface area contributed by atoms with E-state index in [9.17, 15) is 14.9 Å². The Bertz CT molecular complexity index is 1110. The number of aromatic nitrogens is 3. The van der Waals surface area contributed by atoms with E-state index in [2.05, 4.69) is 19.9 Å². The highest BCUT2D eigenvalue weighted by Gasteiger charge is 2.23. The van der Waals surface area contributed by atoms with E-state index in [0.29, 0.717) is 54.6 Å². The number of pyridine rings is 1. The van der Waals surface area contributed by atoms with Crippen molar-refractivity contribution in [1.29, 1.82) is 0 Å². The number of methoxy groups -OCH3 is 1. The first-order valence-corrected chi connectivity index (χ1v) is 9.12. The van der Waals surface area contributed by atoms with Gasteiger partial charge in [-0.1, -0.05) is 6.07 Å². The van der Waals surface area contributed by atoms with Crippen molar-refractivity contribution in [2.45, 2.75) is 19.5 Å². The van der Waals surface area contributed by atoms with E-state index >= 15 is 0 Å². The second-order valence-electron chi connectivity index (χ2n) is 6.77. The molecule has 3 heterocycles. The van der Waals surface area contributed by atoms with Crippen LogP contribution >= 0.6 is 0 Å². The zero-order valence-electron chi connectivity index (χ0n) is 15.8. The lowest BCUT2D eigenvalue weighted by atomic mass is 10.0. The number of nitro groups is 1. The number of rotatable bonds is 5. The van der Waals surface area contributed by atoms with Crippen LogP contribution in [-0.2, 0) is 19.5 Å². The summed E-state index contributed by atoms with van der Waals surface area (Å²) in [6.07, 6.45) is 2.20. The summed E-state index contributed by atoms with van der Waals surface area (Å²) in [7, 11) is 1.54. The molecule has 0 aliphatic carbocycles. The molecule has 4 rings (SSSR count). The summed E-state index contributed by atoms with van der Waals surface area (Å²) in [5.74, 6) is 1.03. The number of fused-ring (bicyclic) bond motifs is 1. The Morgan fingerprint density at radius 1 is 1.31 bits per heavy atom. The Hall–Kier alpha value is -3.59. The summed E-state index contributed by atoms with van der Waals surface area (Å²) in [4.78, 5) is 37.0. The molecule has 0 saturated heterocycles. The van der Waals surface area contributed by atoms with E-state index in [1.165, 1.54) is 19.2 Å². The van der Waals surface area contributed by atoms with Crippen molar-refractivity contribution in [3.05, 3.63) is 79.9 Å². The van der Waals surface area contributed by atoms with Gasteiger partial charge in [0.05, 0.1) is 17.7 Å². The minimum atomic E-state index is -0.422. The molecule has 9 nitrogen and oxygen atoms in total. The Balaban J connectivity index is 1.62. The molecule has 0 spiro atoms. The highest BCUT2D eigenvalue weighted by molar-refractivity contribution is 5.49. The molecule has 0 radical (unpaired) electrons. The largest absolute Gasteiger partial charge is 0.496 e. The number of aromatic amines is 1. The van der Waals surface area contributed by atoms with E-state index in [1.807, 2.05) is 6.07 Å². The number of nitrogens with zero attached hydrogens (tertiary/aromatic N) is 4. The Labute approximate surface area is 166 Å². The van der Waals surface area contributed by atoms with Crippen molar-refractivity contribution in [3.8, 4) is 17.3 Å². The molecule has 0 fully saturated rings. The minimum absolute atomic E-state index is 0.0187. The lowest BCUT2D eigenvalue weighted by Gasteiger charge is -2.28. The van der Waals surface area contributed by atoms with Crippen molar-refractivity contribution in [2.24, 2.45) is 0 Å². The van der Waals surface area contributed by atoms with Gasteiger partial charge in [0.25, 0.3) is 11.2 Å². The molecule has 0 atom stereocenters. The number of H-pyrrole nitrogens is 1. The third-order valence-electron chi connectivity index (χ3n) is 4.93. The molecule has 0 amide bonds. The molecular formula is C20H19N5O4. The fourth-order valence-electron chi connectivity index (χ4n) is 3.50. The SMILES string of the molecule is COc1ccc([N+](=O)[O-])cc1CN1CCc2c(nc(-c3ccccn3)[nH]c2=O)C1. The number of benzene rings is 1. The van der Waals surface area contributed by atoms with E-state index in [4.69, 9.17) is 4.74 Å². The molecule has 1 aliphatic rings. The lowest BCUT2D eigenvalue weighted by Crippen LogP contribution is -2.35. The van der Waals surface area contributed by atoms with Gasteiger partial charge in [-0.2, -0.15) is 0 Å². The second-order valence-corrected chi connectivity index (χ2v) is 6.77. The van der Waals surface area contributed by atoms with Crippen LogP contribution in [0.2, 0.25) is 0 Å². The van der Waals surface area contributed by atoms with Crippen LogP contribution in [0, 0.1) is 10.1 Å². The summed E-state index contributed by atoms with van der Waals surface area (Å²) in [6.45, 7) is 1.56. The summed E-state index contributed by atoms with van der Waals surface area (Å²) in [6, 6.07) is 9.98. The normalized spacial score (nSPS) is 13.7. The highest BCUT2D eigenvalue weighted by atomic mass is 16.6. The summed E-state index contributed by atoms with van der Waals surface area (Å²) in [5, 5.41) is 11.1. The van der Waals surface area contributed by atoms with Crippen LogP contribution < -0.4 is 10.3 Å². The summed E-state index contributed by atoms with van der Waals surface area (Å²) < 4.78 is 5.36. The molecular weight excluding hydrogens is 374 g/mol. The van der Waals surface area contributed by atoms with Crippen LogP contribution in [-0.4, -0.2) is 38.4 Å². The molecule has 1 aliphatic heterocycles. The summed E-state index contributed by atoms with van der Waals surface area (Å²) >= 11 is 0. The van der Waals surface area contributed by atoms with Gasteiger partial charge in [0.2, 0.25) is 0 Å². The predicted molar refractivity (Wildman–Crippen MR) is 106 cm³/mol. The smallest absolute Gasteiger partial charge is 0.270 e. The Kier molecular flexibility index (Phi) is 5.05. The van der Waals surface area contributed by atoms with Crippen LogP contribution in [0.4, 0.5) is 5.69 Å². The van der Waals surface area contributed by atoms with Gasteiger partial charge in [0, 0.05) is 49.1 Å². The topological polar surface area (TPSA) is 114 Å². The van der Waals surface area contributed by atoms with Crippen LogP contribution in [0.3, 0.4) is 0 Å². The van der Waals surface area contributed by atoms with Gasteiger partial charge in [-0.25, -0.2) is 4.98 Å². The van der Waals surface area contributed by atoms with E-state index in [1.54, 1.807) is 24.4 Å². The Morgan fingerprint density at radius 2 is 2.17 bits per heavy atom. The first-order chi connectivity index (χ1) is 14.0. The average molecular weight is 393 g/mol. The van der Waals surface area contributed by atoms with Gasteiger partial charge in [0.1, 0.15) is 11.4 Å². The number of hydrogen-bond acceptors (Lipinski definition) is 7. The number of hydrogen-bond donors (Lipinski definition) is 1. The van der Waals surface area contributed by atoms with Gasteiger partial charge in [-0.15, -0.1) is 0 Å². The van der Waals surface area contributed by atoms with Crippen molar-refractivity contribution >= 4 is 5.69 Å². The lowest BCUT2D eigenvalue weighted by molar-refractivity contribution is -0.385. The minimum Gasteiger partial charge on any atom is -0.496 e. The average Bonchev–Trinajstić information content (AvgIpc) is 2.74. The van der Waals surface area contributed by atoms with Gasteiger partial charge in [-0.05, 0) is 24.6 Å². The van der Waals surface area contributed by atoms with Crippen molar-refractivity contribution in [1.82, 2.24) is 19.9 Å². The number of ether oxygens (including phenoxy) is 1. The third-order valence-corrected chi connectivity index (χ3v) is 4.93. The van der Waals surface area contributed by atoms with Crippen LogP contribution in [0.5, 0.6) is 5.75 Å². The van der Waals surface area contributed by atoms with Gasteiger partial charge < -0.3 is 9.72 Å². The van der Waals surface area contributed by atoms with Crippen LogP contribution in [0.15, 0.2) is 47.4 Å². The molecule has 3 aromatic rings. The van der Waals surface area contributed by atoms with E-state index in [0.717, 1.165) is 5.56 Å². The molecule has 29 heavy (non-hydrogen) atoms. The molecule has 0 bridgehead atoms. The predicted octanol–water partition coefficient (Wildman–Crippen LogP) is 2.31. The maximum Gasteiger partial charge on any atom is 0.270 e. The first-order valence-electron chi connectivity index (χ1n) is 9.12. The number of non-ortho nitro benzene ring substituents is 1. The Morgan fingerprint density at radius 3 is 2.90 bits per heavy atom. The maximum absolute atomic E-state index is 12.5. The van der Waals surface area contributed by atoms with Crippen molar-refractivity contribution < 1.29 is 9.66 Å². The molecule has 1 N–H and O–H groups in total. The van der Waals surface area contributed by atoms with E-state index < -0.39 is 4.92 Å². The molecule has 9 heteroatoms. The zero-order valence-corrected chi connectivity index (χ0v) is 15.8. The van der Waals surface area contributed by atoms with Crippen molar-refractivity contribution in [2.75, 3.05) is 13.7 Å². The van der Waals surface area contributed by atoms with Crippen LogP contribution in [0.25, 0.3) is 11.5 Å². The fourth-order valence-corrected chi connectivity index (χ4v) is 3.50. The molecule has 2 aromatic heterocycles. The molecule has 0 unspecified atom stereocenters. The van der Waals surface area contributed by atoms with Crippen molar-refractivity contribution in [3.63, 3.8) is 0 Å². The molecule has 148 valence electrons. The van der Waals surface area contributed by atoms with Gasteiger partial charge in [0.15, 0.2) is 5.82 Å². The molecule has 1 aromatic carbocycles. The molecule has 0 saturated carbocycles. The second kappa shape index (κ2) is 7.80. The fraction of sp³-hybridized carbons (Fsp3) is 0.250.